The van der Waals surface area contributed by atoms with Crippen molar-refractivity contribution in [2.24, 2.45) is 0 Å². The second-order valence-corrected chi connectivity index (χ2v) is 7.41. The van der Waals surface area contributed by atoms with E-state index in [0.717, 1.165) is 11.0 Å². The molecule has 31 heavy (non-hydrogen) atoms. The number of rotatable bonds is 5. The van der Waals surface area contributed by atoms with Crippen molar-refractivity contribution in [3.63, 3.8) is 0 Å². The van der Waals surface area contributed by atoms with Gasteiger partial charge in [-0.25, -0.2) is 9.18 Å². The Labute approximate surface area is 182 Å². The van der Waals surface area contributed by atoms with Crippen LogP contribution in [0.15, 0.2) is 78.9 Å². The molecule has 4 amide bonds. The molecular formula is C23H17ClFN3O3. The third kappa shape index (κ3) is 3.75. The first-order valence-corrected chi connectivity index (χ1v) is 9.79. The molecule has 4 rings (SSSR count). The smallest absolute Gasteiger partial charge is 0.322 e. The predicted molar refractivity (Wildman–Crippen MR) is 114 cm³/mol. The fraction of sp³-hybridized carbons (Fsp3) is 0.0870. The minimum atomic E-state index is -1.47. The van der Waals surface area contributed by atoms with Crippen LogP contribution in [0.2, 0.25) is 5.02 Å². The number of carbonyl (C=O) groups excluding carboxylic acids is 3. The molecule has 0 radical (unpaired) electrons. The summed E-state index contributed by atoms with van der Waals surface area (Å²) >= 11 is 5.84. The number of imide groups is 1. The summed E-state index contributed by atoms with van der Waals surface area (Å²) in [6, 6.07) is 20.6. The van der Waals surface area contributed by atoms with Gasteiger partial charge in [-0.3, -0.25) is 14.5 Å². The van der Waals surface area contributed by atoms with E-state index >= 15 is 0 Å². The van der Waals surface area contributed by atoms with Crippen LogP contribution in [0.25, 0.3) is 0 Å². The standard InChI is InChI=1S/C23H17ClFN3O3/c24-17-11-12-18(25)19(13-17)26-20(29)14-28-21(30)23(27-22(28)31,15-7-3-1-4-8-15)16-9-5-2-6-10-16/h1-13H,14H2,(H,26,29)(H,27,31). The highest BCUT2D eigenvalue weighted by Gasteiger charge is 2.54. The van der Waals surface area contributed by atoms with E-state index in [1.807, 2.05) is 0 Å². The molecule has 3 aromatic carbocycles. The zero-order valence-corrected chi connectivity index (χ0v) is 16.9. The van der Waals surface area contributed by atoms with Crippen molar-refractivity contribution >= 4 is 35.1 Å². The van der Waals surface area contributed by atoms with Crippen molar-refractivity contribution in [2.75, 3.05) is 11.9 Å². The Morgan fingerprint density at radius 1 is 0.968 bits per heavy atom. The van der Waals surface area contributed by atoms with Crippen LogP contribution >= 0.6 is 11.6 Å². The first kappa shape index (κ1) is 20.6. The quantitative estimate of drug-likeness (QED) is 0.594. The number of hydrogen-bond donors (Lipinski definition) is 2. The molecule has 1 fully saturated rings. The predicted octanol–water partition coefficient (Wildman–Crippen LogP) is 3.91. The Morgan fingerprint density at radius 3 is 2.13 bits per heavy atom. The summed E-state index contributed by atoms with van der Waals surface area (Å²) in [6.07, 6.45) is 0. The van der Waals surface area contributed by atoms with E-state index < -0.39 is 35.7 Å². The van der Waals surface area contributed by atoms with Crippen LogP contribution in [0.5, 0.6) is 0 Å². The van der Waals surface area contributed by atoms with Gasteiger partial charge in [0, 0.05) is 5.02 Å². The molecular weight excluding hydrogens is 421 g/mol. The normalized spacial score (nSPS) is 15.0. The second kappa shape index (κ2) is 8.20. The highest BCUT2D eigenvalue weighted by atomic mass is 35.5. The molecule has 0 saturated carbocycles. The SMILES string of the molecule is O=C(CN1C(=O)NC(c2ccccc2)(c2ccccc2)C1=O)Nc1cc(Cl)ccc1F. The van der Waals surface area contributed by atoms with E-state index in [2.05, 4.69) is 10.6 Å². The van der Waals surface area contributed by atoms with E-state index in [9.17, 15) is 18.8 Å². The number of nitrogens with zero attached hydrogens (tertiary/aromatic N) is 1. The van der Waals surface area contributed by atoms with Crippen LogP contribution in [0.4, 0.5) is 14.9 Å². The summed E-state index contributed by atoms with van der Waals surface area (Å²) in [7, 11) is 0. The lowest BCUT2D eigenvalue weighted by Crippen LogP contribution is -2.45. The molecule has 0 aromatic heterocycles. The molecule has 1 aliphatic rings. The number of benzene rings is 3. The Bertz CT molecular complexity index is 1120. The highest BCUT2D eigenvalue weighted by Crippen LogP contribution is 2.36. The van der Waals surface area contributed by atoms with Crippen LogP contribution in [0.3, 0.4) is 0 Å². The lowest BCUT2D eigenvalue weighted by atomic mass is 9.82. The van der Waals surface area contributed by atoms with Gasteiger partial charge in [-0.1, -0.05) is 72.3 Å². The molecule has 6 nitrogen and oxygen atoms in total. The van der Waals surface area contributed by atoms with Gasteiger partial charge in [-0.05, 0) is 29.3 Å². The van der Waals surface area contributed by atoms with Crippen molar-refractivity contribution in [2.45, 2.75) is 5.54 Å². The number of anilines is 1. The number of amides is 4. The van der Waals surface area contributed by atoms with Gasteiger partial charge < -0.3 is 10.6 Å². The lowest BCUT2D eigenvalue weighted by molar-refractivity contribution is -0.133. The summed E-state index contributed by atoms with van der Waals surface area (Å²) in [5, 5.41) is 5.34. The first-order valence-electron chi connectivity index (χ1n) is 9.42. The van der Waals surface area contributed by atoms with Crippen molar-refractivity contribution in [3.05, 3.63) is 101 Å². The third-order valence-corrected chi connectivity index (χ3v) is 5.26. The molecule has 156 valence electrons. The number of carbonyl (C=O) groups is 3. The van der Waals surface area contributed by atoms with Gasteiger partial charge in [0.15, 0.2) is 5.54 Å². The van der Waals surface area contributed by atoms with Gasteiger partial charge in [0.2, 0.25) is 5.91 Å². The largest absolute Gasteiger partial charge is 0.326 e. The first-order chi connectivity index (χ1) is 14.9. The van der Waals surface area contributed by atoms with Gasteiger partial charge in [0.1, 0.15) is 12.4 Å². The molecule has 0 atom stereocenters. The molecule has 0 spiro atoms. The average Bonchev–Trinajstić information content (AvgIpc) is 3.03. The van der Waals surface area contributed by atoms with Gasteiger partial charge in [0.25, 0.3) is 5.91 Å². The molecule has 0 bridgehead atoms. The van der Waals surface area contributed by atoms with Crippen molar-refractivity contribution in [1.29, 1.82) is 0 Å². The Hall–Kier alpha value is -3.71. The van der Waals surface area contributed by atoms with Crippen LogP contribution in [-0.4, -0.2) is 29.3 Å². The van der Waals surface area contributed by atoms with E-state index in [1.54, 1.807) is 60.7 Å². The molecule has 2 N–H and O–H groups in total. The molecule has 0 aliphatic carbocycles. The molecule has 1 heterocycles. The molecule has 0 unspecified atom stereocenters. The minimum Gasteiger partial charge on any atom is -0.322 e. The van der Waals surface area contributed by atoms with Gasteiger partial charge >= 0.3 is 6.03 Å². The van der Waals surface area contributed by atoms with Gasteiger partial charge in [-0.15, -0.1) is 0 Å². The number of hydrogen-bond acceptors (Lipinski definition) is 3. The number of urea groups is 1. The average molecular weight is 438 g/mol. The molecule has 1 aliphatic heterocycles. The van der Waals surface area contributed by atoms with E-state index in [-0.39, 0.29) is 10.7 Å². The van der Waals surface area contributed by atoms with E-state index in [4.69, 9.17) is 11.6 Å². The van der Waals surface area contributed by atoms with Crippen LogP contribution in [0.1, 0.15) is 11.1 Å². The van der Waals surface area contributed by atoms with Crippen molar-refractivity contribution < 1.29 is 18.8 Å². The maximum atomic E-state index is 13.9. The minimum absolute atomic E-state index is 0.137. The van der Waals surface area contributed by atoms with Gasteiger partial charge in [-0.2, -0.15) is 0 Å². The van der Waals surface area contributed by atoms with Crippen LogP contribution in [-0.2, 0) is 15.1 Å². The number of nitrogens with one attached hydrogen (secondary N) is 2. The fourth-order valence-corrected chi connectivity index (χ4v) is 3.75. The molecule has 8 heteroatoms. The maximum absolute atomic E-state index is 13.9. The highest BCUT2D eigenvalue weighted by molar-refractivity contribution is 6.31. The summed E-state index contributed by atoms with van der Waals surface area (Å²) in [5.41, 5.74) is -0.491. The maximum Gasteiger partial charge on any atom is 0.326 e. The summed E-state index contributed by atoms with van der Waals surface area (Å²) in [6.45, 7) is -0.585. The Kier molecular flexibility index (Phi) is 5.44. The summed E-state index contributed by atoms with van der Waals surface area (Å²) in [4.78, 5) is 39.6. The van der Waals surface area contributed by atoms with Crippen molar-refractivity contribution in [1.82, 2.24) is 10.2 Å². The molecule has 1 saturated heterocycles. The zero-order chi connectivity index (χ0) is 22.0. The van der Waals surface area contributed by atoms with E-state index in [1.165, 1.54) is 12.1 Å². The lowest BCUT2D eigenvalue weighted by Gasteiger charge is -2.28. The Balaban J connectivity index is 1.65. The topological polar surface area (TPSA) is 78.5 Å². The molecule has 3 aromatic rings. The summed E-state index contributed by atoms with van der Waals surface area (Å²) in [5.74, 6) is -2.02. The Morgan fingerprint density at radius 2 is 1.55 bits per heavy atom. The van der Waals surface area contributed by atoms with Crippen LogP contribution in [0, 0.1) is 5.82 Å². The summed E-state index contributed by atoms with van der Waals surface area (Å²) < 4.78 is 13.9. The second-order valence-electron chi connectivity index (χ2n) is 6.98. The van der Waals surface area contributed by atoms with E-state index in [0.29, 0.717) is 11.1 Å². The zero-order valence-electron chi connectivity index (χ0n) is 16.1. The number of halogens is 2. The fourth-order valence-electron chi connectivity index (χ4n) is 3.58. The third-order valence-electron chi connectivity index (χ3n) is 5.02. The van der Waals surface area contributed by atoms with Gasteiger partial charge in [0.05, 0.1) is 5.69 Å². The van der Waals surface area contributed by atoms with Crippen molar-refractivity contribution in [3.8, 4) is 0 Å². The van der Waals surface area contributed by atoms with Crippen LogP contribution < -0.4 is 10.6 Å². The monoisotopic (exact) mass is 437 g/mol.